The maximum atomic E-state index is 13.8. The average Bonchev–Trinajstić information content (AvgIpc) is 2.86. The van der Waals surface area contributed by atoms with Gasteiger partial charge >= 0.3 is 0 Å². The molecule has 2 aromatic rings. The number of anilines is 1. The van der Waals surface area contributed by atoms with Gasteiger partial charge in [0.15, 0.2) is 0 Å². The van der Waals surface area contributed by atoms with E-state index < -0.39 is 28.5 Å². The average molecular weight is 534 g/mol. The molecule has 9 nitrogen and oxygen atoms in total. The highest BCUT2D eigenvalue weighted by atomic mass is 32.2. The van der Waals surface area contributed by atoms with Crippen LogP contribution in [-0.2, 0) is 26.2 Å². The zero-order valence-corrected chi connectivity index (χ0v) is 23.6. The van der Waals surface area contributed by atoms with Gasteiger partial charge in [0.25, 0.3) is 0 Å². The Morgan fingerprint density at radius 1 is 1.03 bits per heavy atom. The van der Waals surface area contributed by atoms with Crippen molar-refractivity contribution in [3.8, 4) is 11.5 Å². The summed E-state index contributed by atoms with van der Waals surface area (Å²) in [6, 6.07) is 11.4. The smallest absolute Gasteiger partial charge is 0.244 e. The van der Waals surface area contributed by atoms with Crippen LogP contribution in [0.4, 0.5) is 5.69 Å². The second-order valence-corrected chi connectivity index (χ2v) is 10.9. The summed E-state index contributed by atoms with van der Waals surface area (Å²) in [5.74, 6) is -0.0525. The van der Waals surface area contributed by atoms with E-state index in [2.05, 4.69) is 5.32 Å². The molecule has 2 aromatic carbocycles. The van der Waals surface area contributed by atoms with Crippen LogP contribution in [0.1, 0.15) is 44.7 Å². The number of carbonyl (C=O) groups is 2. The molecule has 1 N–H and O–H groups in total. The lowest BCUT2D eigenvalue weighted by Crippen LogP contribution is -2.53. The monoisotopic (exact) mass is 533 g/mol. The number of hydrogen-bond donors (Lipinski definition) is 1. The van der Waals surface area contributed by atoms with Gasteiger partial charge in [-0.15, -0.1) is 0 Å². The van der Waals surface area contributed by atoms with Crippen molar-refractivity contribution < 1.29 is 27.5 Å². The van der Waals surface area contributed by atoms with Crippen molar-refractivity contribution in [2.24, 2.45) is 0 Å². The Bertz CT molecular complexity index is 1180. The number of ether oxygens (including phenoxy) is 2. The molecule has 0 unspecified atom stereocenters. The molecule has 2 rings (SSSR count). The zero-order chi connectivity index (χ0) is 27.8. The predicted octanol–water partition coefficient (Wildman–Crippen LogP) is 3.50. The molecule has 0 fully saturated rings. The topological polar surface area (TPSA) is 105 Å². The van der Waals surface area contributed by atoms with Crippen LogP contribution in [0.25, 0.3) is 0 Å². The van der Waals surface area contributed by atoms with Crippen molar-refractivity contribution >= 4 is 27.5 Å². The Labute approximate surface area is 220 Å². The Hall–Kier alpha value is -3.27. The maximum absolute atomic E-state index is 13.8. The van der Waals surface area contributed by atoms with Gasteiger partial charge in [0.2, 0.25) is 21.8 Å². The van der Waals surface area contributed by atoms with Crippen molar-refractivity contribution in [3.63, 3.8) is 0 Å². The molecule has 0 aliphatic carbocycles. The summed E-state index contributed by atoms with van der Waals surface area (Å²) in [6.07, 6.45) is 2.14. The minimum Gasteiger partial charge on any atom is -0.497 e. The number of amides is 2. The molecule has 0 aliphatic rings. The van der Waals surface area contributed by atoms with Gasteiger partial charge < -0.3 is 19.7 Å². The van der Waals surface area contributed by atoms with E-state index in [0.717, 1.165) is 28.1 Å². The molecule has 0 saturated heterocycles. The van der Waals surface area contributed by atoms with Crippen LogP contribution in [0.15, 0.2) is 42.5 Å². The summed E-state index contributed by atoms with van der Waals surface area (Å²) in [4.78, 5) is 28.5. The first-order valence-corrected chi connectivity index (χ1v) is 14.2. The lowest BCUT2D eigenvalue weighted by molar-refractivity contribution is -0.140. The van der Waals surface area contributed by atoms with Crippen molar-refractivity contribution in [2.45, 2.75) is 59.2 Å². The summed E-state index contributed by atoms with van der Waals surface area (Å²) in [5.41, 5.74) is 2.04. The van der Waals surface area contributed by atoms with Crippen molar-refractivity contribution in [1.82, 2.24) is 10.2 Å². The summed E-state index contributed by atoms with van der Waals surface area (Å²) < 4.78 is 37.4. The third-order valence-electron chi connectivity index (χ3n) is 6.32. The zero-order valence-electron chi connectivity index (χ0n) is 22.8. The summed E-state index contributed by atoms with van der Waals surface area (Å²) in [5, 5.41) is 2.96. The molecule has 37 heavy (non-hydrogen) atoms. The van der Waals surface area contributed by atoms with E-state index in [1.54, 1.807) is 12.1 Å². The highest BCUT2D eigenvalue weighted by molar-refractivity contribution is 7.92. The van der Waals surface area contributed by atoms with Crippen LogP contribution in [0.2, 0.25) is 0 Å². The van der Waals surface area contributed by atoms with Crippen molar-refractivity contribution in [1.29, 1.82) is 0 Å². The molecule has 204 valence electrons. The summed E-state index contributed by atoms with van der Waals surface area (Å²) in [7, 11) is -0.986. The van der Waals surface area contributed by atoms with Crippen LogP contribution >= 0.6 is 0 Å². The number of rotatable bonds is 13. The molecule has 0 bridgehead atoms. The number of methoxy groups -OCH3 is 2. The predicted molar refractivity (Wildman–Crippen MR) is 145 cm³/mol. The first-order chi connectivity index (χ1) is 17.5. The molecule has 0 radical (unpaired) electrons. The molecule has 2 atom stereocenters. The van der Waals surface area contributed by atoms with Gasteiger partial charge in [0.05, 0.1) is 26.2 Å². The maximum Gasteiger partial charge on any atom is 0.244 e. The van der Waals surface area contributed by atoms with E-state index >= 15 is 0 Å². The first-order valence-electron chi connectivity index (χ1n) is 12.3. The minimum atomic E-state index is -3.89. The molecule has 0 spiro atoms. The summed E-state index contributed by atoms with van der Waals surface area (Å²) in [6.45, 7) is 7.30. The van der Waals surface area contributed by atoms with Crippen LogP contribution in [-0.4, -0.2) is 64.2 Å². The second kappa shape index (κ2) is 13.3. The molecular weight excluding hydrogens is 494 g/mol. The second-order valence-electron chi connectivity index (χ2n) is 9.00. The molecule has 0 aromatic heterocycles. The Balaban J connectivity index is 2.52. The normalized spacial score (nSPS) is 12.8. The van der Waals surface area contributed by atoms with E-state index in [0.29, 0.717) is 12.2 Å². The number of nitrogens with one attached hydrogen (secondary N) is 1. The van der Waals surface area contributed by atoms with Crippen LogP contribution in [0.5, 0.6) is 11.5 Å². The third-order valence-corrected chi connectivity index (χ3v) is 7.45. The quantitative estimate of drug-likeness (QED) is 0.423. The number of hydrogen-bond acceptors (Lipinski definition) is 6. The molecule has 0 aliphatic heterocycles. The fourth-order valence-corrected chi connectivity index (χ4v) is 4.77. The van der Waals surface area contributed by atoms with Crippen LogP contribution in [0, 0.1) is 6.92 Å². The number of carbonyl (C=O) groups excluding carboxylic acids is 2. The molecule has 0 saturated carbocycles. The Morgan fingerprint density at radius 3 is 2.24 bits per heavy atom. The van der Waals surface area contributed by atoms with Gasteiger partial charge in [-0.25, -0.2) is 8.42 Å². The number of sulfonamides is 1. The largest absolute Gasteiger partial charge is 0.497 e. The lowest BCUT2D eigenvalue weighted by atomic mass is 10.1. The van der Waals surface area contributed by atoms with Gasteiger partial charge in [0, 0.05) is 18.7 Å². The third kappa shape index (κ3) is 7.85. The molecule has 2 amide bonds. The van der Waals surface area contributed by atoms with E-state index in [9.17, 15) is 18.0 Å². The molecule has 10 heteroatoms. The van der Waals surface area contributed by atoms with Crippen LogP contribution in [0.3, 0.4) is 0 Å². The van der Waals surface area contributed by atoms with E-state index in [4.69, 9.17) is 9.47 Å². The van der Waals surface area contributed by atoms with Crippen molar-refractivity contribution in [2.75, 3.05) is 31.3 Å². The van der Waals surface area contributed by atoms with Gasteiger partial charge in [-0.1, -0.05) is 38.1 Å². The fourth-order valence-electron chi connectivity index (χ4n) is 3.92. The van der Waals surface area contributed by atoms with E-state index in [-0.39, 0.29) is 29.9 Å². The van der Waals surface area contributed by atoms with E-state index in [1.807, 2.05) is 52.0 Å². The Kier molecular flexibility index (Phi) is 10.8. The SMILES string of the molecule is CC[C@H](C)NC(=O)[C@H](CC)N(Cc1ccccc1C)C(=O)CN(c1ccc(OC)cc1OC)S(C)(=O)=O. The first kappa shape index (κ1) is 30.0. The van der Waals surface area contributed by atoms with Crippen LogP contribution < -0.4 is 19.1 Å². The number of benzene rings is 2. The van der Waals surface area contributed by atoms with Gasteiger partial charge in [-0.05, 0) is 49.9 Å². The Morgan fingerprint density at radius 2 is 1.70 bits per heavy atom. The van der Waals surface area contributed by atoms with Gasteiger partial charge in [0.1, 0.15) is 24.1 Å². The van der Waals surface area contributed by atoms with E-state index in [1.165, 1.54) is 25.2 Å². The van der Waals surface area contributed by atoms with Crippen molar-refractivity contribution in [3.05, 3.63) is 53.6 Å². The van der Waals surface area contributed by atoms with Gasteiger partial charge in [-0.2, -0.15) is 0 Å². The fraction of sp³-hybridized carbons (Fsp3) is 0.481. The van der Waals surface area contributed by atoms with Gasteiger partial charge in [-0.3, -0.25) is 13.9 Å². The highest BCUT2D eigenvalue weighted by Crippen LogP contribution is 2.33. The molecular formula is C27H39N3O6S. The number of nitrogens with zero attached hydrogens (tertiary/aromatic N) is 2. The minimum absolute atomic E-state index is 0.0620. The number of aryl methyl sites for hydroxylation is 1. The summed E-state index contributed by atoms with van der Waals surface area (Å²) >= 11 is 0. The standard InChI is InChI=1S/C27H39N3O6S/c1-8-20(4)28-27(32)23(9-2)29(17-21-13-11-10-12-19(21)3)26(31)18-30(37(7,33)34)24-15-14-22(35-5)16-25(24)36-6/h10-16,20,23H,8-9,17-18H2,1-7H3,(H,28,32)/t20-,23-/m0/s1. The molecule has 0 heterocycles. The lowest BCUT2D eigenvalue weighted by Gasteiger charge is -2.34. The highest BCUT2D eigenvalue weighted by Gasteiger charge is 2.33.